The van der Waals surface area contributed by atoms with Gasteiger partial charge in [-0.05, 0) is 19.9 Å². The molecular weight excluding hydrogens is 324 g/mol. The molecule has 1 aromatic heterocycles. The zero-order chi connectivity index (χ0) is 18.2. The van der Waals surface area contributed by atoms with E-state index < -0.39 is 4.92 Å². The molecule has 0 fully saturated rings. The summed E-state index contributed by atoms with van der Waals surface area (Å²) in [5, 5.41) is 20.2. The number of nitrogens with zero attached hydrogens (tertiary/aromatic N) is 3. The Kier molecular flexibility index (Phi) is 6.33. The summed E-state index contributed by atoms with van der Waals surface area (Å²) in [5.41, 5.74) is 1.41. The molecule has 25 heavy (non-hydrogen) atoms. The number of hydrogen-bond acceptors (Lipinski definition) is 6. The lowest BCUT2D eigenvalue weighted by molar-refractivity contribution is -0.384. The van der Waals surface area contributed by atoms with E-state index in [1.807, 2.05) is 13.8 Å². The summed E-state index contributed by atoms with van der Waals surface area (Å²) >= 11 is 0. The van der Waals surface area contributed by atoms with E-state index in [0.717, 1.165) is 11.5 Å². The van der Waals surface area contributed by atoms with E-state index in [1.54, 1.807) is 25.2 Å². The zero-order valence-corrected chi connectivity index (χ0v) is 14.5. The Morgan fingerprint density at radius 2 is 2.04 bits per heavy atom. The largest absolute Gasteiger partial charge is 0.444 e. The molecular formula is C16H22N6O3. The Bertz CT molecular complexity index is 737. The van der Waals surface area contributed by atoms with Gasteiger partial charge in [-0.15, -0.1) is 0 Å². The number of hydrogen-bond donors (Lipinski definition) is 3. The summed E-state index contributed by atoms with van der Waals surface area (Å²) in [5.74, 6) is 1.99. The molecule has 9 nitrogen and oxygen atoms in total. The minimum atomic E-state index is -0.406. The van der Waals surface area contributed by atoms with E-state index in [2.05, 4.69) is 25.9 Å². The summed E-state index contributed by atoms with van der Waals surface area (Å²) < 4.78 is 5.50. The minimum Gasteiger partial charge on any atom is -0.444 e. The van der Waals surface area contributed by atoms with Crippen LogP contribution in [0.5, 0.6) is 0 Å². The summed E-state index contributed by atoms with van der Waals surface area (Å²) in [6.45, 7) is 5.22. The lowest BCUT2D eigenvalue weighted by Crippen LogP contribution is -2.39. The number of benzene rings is 1. The highest BCUT2D eigenvalue weighted by atomic mass is 16.6. The van der Waals surface area contributed by atoms with E-state index in [4.69, 9.17) is 4.42 Å². The van der Waals surface area contributed by atoms with Gasteiger partial charge in [0, 0.05) is 26.2 Å². The number of aromatic nitrogens is 1. The van der Waals surface area contributed by atoms with Crippen molar-refractivity contribution in [2.75, 3.05) is 25.5 Å². The van der Waals surface area contributed by atoms with Crippen LogP contribution >= 0.6 is 0 Å². The Hall–Kier alpha value is -3.10. The number of rotatable bonds is 7. The zero-order valence-electron chi connectivity index (χ0n) is 14.5. The van der Waals surface area contributed by atoms with Gasteiger partial charge in [-0.3, -0.25) is 15.1 Å². The standard InChI is InChI=1S/C16H22N6O3/c1-11-12(2)25-15(21-11)10-20-16(17-3)19-9-8-18-13-6-4-5-7-14(13)22(23)24/h4-7,18H,8-10H2,1-3H3,(H2,17,19,20). The first kappa shape index (κ1) is 18.2. The van der Waals surface area contributed by atoms with Crippen LogP contribution in [0, 0.1) is 24.0 Å². The predicted molar refractivity (Wildman–Crippen MR) is 95.8 cm³/mol. The first-order valence-corrected chi connectivity index (χ1v) is 7.86. The van der Waals surface area contributed by atoms with E-state index in [-0.39, 0.29) is 5.69 Å². The highest BCUT2D eigenvalue weighted by Gasteiger charge is 2.11. The number of oxazole rings is 1. The van der Waals surface area contributed by atoms with E-state index in [0.29, 0.717) is 37.2 Å². The van der Waals surface area contributed by atoms with E-state index >= 15 is 0 Å². The third kappa shape index (κ3) is 5.20. The smallest absolute Gasteiger partial charge is 0.292 e. The van der Waals surface area contributed by atoms with Gasteiger partial charge in [0.05, 0.1) is 17.2 Å². The maximum absolute atomic E-state index is 11.0. The van der Waals surface area contributed by atoms with Crippen LogP contribution < -0.4 is 16.0 Å². The number of anilines is 1. The van der Waals surface area contributed by atoms with Crippen molar-refractivity contribution in [3.8, 4) is 0 Å². The molecule has 0 radical (unpaired) electrons. The normalized spacial score (nSPS) is 11.2. The maximum Gasteiger partial charge on any atom is 0.292 e. The maximum atomic E-state index is 11.0. The van der Waals surface area contributed by atoms with Gasteiger partial charge in [-0.1, -0.05) is 12.1 Å². The summed E-state index contributed by atoms with van der Waals surface area (Å²) in [4.78, 5) is 19.0. The van der Waals surface area contributed by atoms with Gasteiger partial charge in [0.2, 0.25) is 5.89 Å². The van der Waals surface area contributed by atoms with Gasteiger partial charge in [-0.25, -0.2) is 4.98 Å². The molecule has 9 heteroatoms. The number of nitro groups is 1. The van der Waals surface area contributed by atoms with Crippen molar-refractivity contribution in [2.24, 2.45) is 4.99 Å². The van der Waals surface area contributed by atoms with Gasteiger partial charge in [0.15, 0.2) is 5.96 Å². The summed E-state index contributed by atoms with van der Waals surface area (Å²) in [6, 6.07) is 6.54. The lowest BCUT2D eigenvalue weighted by Gasteiger charge is -2.11. The van der Waals surface area contributed by atoms with Crippen molar-refractivity contribution in [1.82, 2.24) is 15.6 Å². The lowest BCUT2D eigenvalue weighted by atomic mass is 10.2. The molecule has 3 N–H and O–H groups in total. The van der Waals surface area contributed by atoms with Gasteiger partial charge < -0.3 is 20.4 Å². The Labute approximate surface area is 145 Å². The van der Waals surface area contributed by atoms with Gasteiger partial charge >= 0.3 is 0 Å². The molecule has 2 rings (SSSR count). The molecule has 1 heterocycles. The first-order chi connectivity index (χ1) is 12.0. The molecule has 0 aliphatic carbocycles. The van der Waals surface area contributed by atoms with Crippen molar-refractivity contribution in [1.29, 1.82) is 0 Å². The van der Waals surface area contributed by atoms with Crippen molar-refractivity contribution in [2.45, 2.75) is 20.4 Å². The van der Waals surface area contributed by atoms with Crippen molar-refractivity contribution in [3.05, 3.63) is 51.7 Å². The first-order valence-electron chi connectivity index (χ1n) is 7.86. The number of para-hydroxylation sites is 2. The van der Waals surface area contributed by atoms with Crippen molar-refractivity contribution in [3.63, 3.8) is 0 Å². The third-order valence-electron chi connectivity index (χ3n) is 3.54. The van der Waals surface area contributed by atoms with Crippen LogP contribution in [-0.4, -0.2) is 36.0 Å². The van der Waals surface area contributed by atoms with Gasteiger partial charge in [-0.2, -0.15) is 0 Å². The molecule has 0 saturated carbocycles. The van der Waals surface area contributed by atoms with E-state index in [1.165, 1.54) is 6.07 Å². The fourth-order valence-electron chi connectivity index (χ4n) is 2.16. The Morgan fingerprint density at radius 1 is 1.28 bits per heavy atom. The molecule has 0 amide bonds. The molecule has 2 aromatic rings. The molecule has 134 valence electrons. The highest BCUT2D eigenvalue weighted by Crippen LogP contribution is 2.22. The van der Waals surface area contributed by atoms with Crippen LogP contribution in [0.2, 0.25) is 0 Å². The monoisotopic (exact) mass is 346 g/mol. The quantitative estimate of drug-likeness (QED) is 0.231. The molecule has 1 aromatic carbocycles. The van der Waals surface area contributed by atoms with Crippen molar-refractivity contribution >= 4 is 17.3 Å². The SMILES string of the molecule is CN=C(NCCNc1ccccc1[N+](=O)[O-])NCc1nc(C)c(C)o1. The predicted octanol–water partition coefficient (Wildman–Crippen LogP) is 1.98. The average molecular weight is 346 g/mol. The second-order valence-corrected chi connectivity index (χ2v) is 5.30. The number of aliphatic imine (C=N–C) groups is 1. The number of guanidine groups is 1. The average Bonchev–Trinajstić information content (AvgIpc) is 2.92. The van der Waals surface area contributed by atoms with Gasteiger partial charge in [0.25, 0.3) is 5.69 Å². The molecule has 0 bridgehead atoms. The summed E-state index contributed by atoms with van der Waals surface area (Å²) in [7, 11) is 1.66. The fraction of sp³-hybridized carbons (Fsp3) is 0.375. The minimum absolute atomic E-state index is 0.0552. The Morgan fingerprint density at radius 3 is 2.68 bits per heavy atom. The highest BCUT2D eigenvalue weighted by molar-refractivity contribution is 5.79. The van der Waals surface area contributed by atoms with Crippen LogP contribution in [0.4, 0.5) is 11.4 Å². The van der Waals surface area contributed by atoms with Crippen LogP contribution in [0.3, 0.4) is 0 Å². The molecule has 0 atom stereocenters. The molecule has 0 saturated heterocycles. The van der Waals surface area contributed by atoms with Crippen LogP contribution in [0.1, 0.15) is 17.3 Å². The number of aryl methyl sites for hydroxylation is 2. The Balaban J connectivity index is 1.77. The van der Waals surface area contributed by atoms with Crippen molar-refractivity contribution < 1.29 is 9.34 Å². The molecule has 0 unspecified atom stereocenters. The fourth-order valence-corrected chi connectivity index (χ4v) is 2.16. The molecule has 0 aliphatic rings. The molecule has 0 spiro atoms. The summed E-state index contributed by atoms with van der Waals surface area (Å²) in [6.07, 6.45) is 0. The number of nitrogens with one attached hydrogen (secondary N) is 3. The van der Waals surface area contributed by atoms with Crippen LogP contribution in [-0.2, 0) is 6.54 Å². The molecule has 0 aliphatic heterocycles. The second kappa shape index (κ2) is 8.67. The second-order valence-electron chi connectivity index (χ2n) is 5.30. The third-order valence-corrected chi connectivity index (χ3v) is 3.54. The topological polar surface area (TPSA) is 118 Å². The number of nitro benzene ring substituents is 1. The van der Waals surface area contributed by atoms with E-state index in [9.17, 15) is 10.1 Å². The van der Waals surface area contributed by atoms with Crippen LogP contribution in [0.15, 0.2) is 33.7 Å². The van der Waals surface area contributed by atoms with Gasteiger partial charge in [0.1, 0.15) is 11.4 Å². The van der Waals surface area contributed by atoms with Crippen LogP contribution in [0.25, 0.3) is 0 Å².